The fourth-order valence-corrected chi connectivity index (χ4v) is 6.14. The third kappa shape index (κ3) is 36.5. The second-order valence-corrected chi connectivity index (χ2v) is 15.1. The fourth-order valence-electron chi connectivity index (χ4n) is 5.35. The number of hydrogen-bond acceptors (Lipinski definition) is 9. The van der Waals surface area contributed by atoms with Gasteiger partial charge >= 0.3 is 19.8 Å². The van der Waals surface area contributed by atoms with Gasteiger partial charge in [-0.3, -0.25) is 18.6 Å². The Hall–Kier alpha value is -1.81. The summed E-state index contributed by atoms with van der Waals surface area (Å²) in [5.41, 5.74) is 0. The first kappa shape index (κ1) is 50.2. The Balaban J connectivity index is 4.37. The standard InChI is InChI=1S/C41H75O10P/c1-3-5-7-9-11-13-15-17-18-19-20-21-23-25-27-29-31-33-41(45)51-39(37-50-52(46,47)49-35-38(43)34-42)36-48-40(44)32-30-28-26-24-22-16-14-12-10-8-6-4-2/h11,13,17-18,20-21,38-39,42-43H,3-10,12,14-16,19,22-37H2,1-2H3,(H,46,47)/b13-11+,18-17+,21-20+/t38-,39+/m0/s1. The number of carbonyl (C=O) groups excluding carboxylic acids is 2. The van der Waals surface area contributed by atoms with Crippen LogP contribution in [0.5, 0.6) is 0 Å². The Morgan fingerprint density at radius 2 is 1.00 bits per heavy atom. The van der Waals surface area contributed by atoms with E-state index in [0.29, 0.717) is 12.8 Å². The van der Waals surface area contributed by atoms with Crippen LogP contribution in [-0.2, 0) is 32.7 Å². The number of rotatable bonds is 38. The van der Waals surface area contributed by atoms with E-state index in [1.165, 1.54) is 77.0 Å². The predicted molar refractivity (Wildman–Crippen MR) is 210 cm³/mol. The van der Waals surface area contributed by atoms with Gasteiger partial charge < -0.3 is 24.6 Å². The molecule has 0 aliphatic rings. The molecular weight excluding hydrogens is 683 g/mol. The van der Waals surface area contributed by atoms with Gasteiger partial charge in [0.1, 0.15) is 12.7 Å². The van der Waals surface area contributed by atoms with Gasteiger partial charge in [-0.25, -0.2) is 4.57 Å². The number of phosphoric acid groups is 1. The maximum absolute atomic E-state index is 12.6. The van der Waals surface area contributed by atoms with Gasteiger partial charge in [-0.05, 0) is 51.4 Å². The highest BCUT2D eigenvalue weighted by Crippen LogP contribution is 2.43. The first-order valence-corrected chi connectivity index (χ1v) is 21.9. The number of aliphatic hydroxyl groups is 2. The Morgan fingerprint density at radius 3 is 1.54 bits per heavy atom. The molecule has 0 saturated carbocycles. The van der Waals surface area contributed by atoms with Gasteiger partial charge in [0.15, 0.2) is 6.10 Å². The summed E-state index contributed by atoms with van der Waals surface area (Å²) in [6, 6.07) is 0. The van der Waals surface area contributed by atoms with Crippen LogP contribution in [-0.4, -0.2) is 65.7 Å². The van der Waals surface area contributed by atoms with Crippen molar-refractivity contribution in [3.63, 3.8) is 0 Å². The quantitative estimate of drug-likeness (QED) is 0.0240. The molecule has 3 N–H and O–H groups in total. The highest BCUT2D eigenvalue weighted by atomic mass is 31.2. The Kier molecular flexibility index (Phi) is 36.2. The molecule has 0 aromatic rings. The fraction of sp³-hybridized carbons (Fsp3) is 0.805. The molecule has 3 atom stereocenters. The molecule has 304 valence electrons. The summed E-state index contributed by atoms with van der Waals surface area (Å²) in [7, 11) is -4.62. The second-order valence-electron chi connectivity index (χ2n) is 13.7. The van der Waals surface area contributed by atoms with Crippen LogP contribution in [0.4, 0.5) is 0 Å². The van der Waals surface area contributed by atoms with E-state index < -0.39 is 51.8 Å². The molecule has 0 aliphatic heterocycles. The molecule has 0 rings (SSSR count). The SMILES string of the molecule is CCCCC/C=C/C/C=C/C/C=C/CCCCCCC(=O)O[C@H](COC(=O)CCCCCCCCCCCCCC)COP(=O)(O)OC[C@@H](O)CO. The maximum atomic E-state index is 12.6. The molecule has 52 heavy (non-hydrogen) atoms. The first-order chi connectivity index (χ1) is 25.2. The van der Waals surface area contributed by atoms with Crippen LogP contribution in [0.3, 0.4) is 0 Å². The number of carbonyl (C=O) groups is 2. The largest absolute Gasteiger partial charge is 0.472 e. The average Bonchev–Trinajstić information content (AvgIpc) is 3.13. The molecule has 0 aromatic carbocycles. The lowest BCUT2D eigenvalue weighted by Gasteiger charge is -2.20. The monoisotopic (exact) mass is 759 g/mol. The molecule has 10 nitrogen and oxygen atoms in total. The van der Waals surface area contributed by atoms with Crippen molar-refractivity contribution in [2.45, 2.75) is 187 Å². The number of aliphatic hydroxyl groups excluding tert-OH is 2. The Bertz CT molecular complexity index is 967. The van der Waals surface area contributed by atoms with Crippen LogP contribution >= 0.6 is 7.82 Å². The molecule has 11 heteroatoms. The molecule has 0 radical (unpaired) electrons. The topological polar surface area (TPSA) is 149 Å². The van der Waals surface area contributed by atoms with E-state index in [0.717, 1.165) is 57.8 Å². The summed E-state index contributed by atoms with van der Waals surface area (Å²) >= 11 is 0. The molecule has 0 fully saturated rings. The lowest BCUT2D eigenvalue weighted by Crippen LogP contribution is -2.29. The van der Waals surface area contributed by atoms with Gasteiger partial charge in [-0.15, -0.1) is 0 Å². The molecule has 0 heterocycles. The van der Waals surface area contributed by atoms with Gasteiger partial charge in [0.25, 0.3) is 0 Å². The van der Waals surface area contributed by atoms with Crippen molar-refractivity contribution >= 4 is 19.8 Å². The zero-order valence-corrected chi connectivity index (χ0v) is 33.7. The van der Waals surface area contributed by atoms with Gasteiger partial charge in [0.2, 0.25) is 0 Å². The zero-order valence-electron chi connectivity index (χ0n) is 32.8. The van der Waals surface area contributed by atoms with Crippen LogP contribution < -0.4 is 0 Å². The first-order valence-electron chi connectivity index (χ1n) is 20.4. The van der Waals surface area contributed by atoms with Crippen LogP contribution in [0, 0.1) is 0 Å². The van der Waals surface area contributed by atoms with E-state index in [4.69, 9.17) is 19.1 Å². The van der Waals surface area contributed by atoms with Gasteiger partial charge in [0, 0.05) is 12.8 Å². The highest BCUT2D eigenvalue weighted by Gasteiger charge is 2.27. The zero-order chi connectivity index (χ0) is 38.4. The van der Waals surface area contributed by atoms with Crippen molar-refractivity contribution in [2.24, 2.45) is 0 Å². The van der Waals surface area contributed by atoms with Crippen LogP contribution in [0.15, 0.2) is 36.5 Å². The number of unbranched alkanes of at least 4 members (excludes halogenated alkanes) is 18. The summed E-state index contributed by atoms with van der Waals surface area (Å²) in [5, 5.41) is 18.3. The number of phosphoric ester groups is 1. The second kappa shape index (κ2) is 37.5. The summed E-state index contributed by atoms with van der Waals surface area (Å²) in [6.45, 7) is 2.32. The molecule has 0 saturated heterocycles. The third-order valence-corrected chi connectivity index (χ3v) is 9.50. The number of ether oxygens (including phenoxy) is 2. The van der Waals surface area contributed by atoms with E-state index in [2.05, 4.69) is 54.8 Å². The van der Waals surface area contributed by atoms with E-state index in [-0.39, 0.29) is 19.4 Å². The van der Waals surface area contributed by atoms with Crippen molar-refractivity contribution in [2.75, 3.05) is 26.4 Å². The van der Waals surface area contributed by atoms with E-state index in [1.54, 1.807) is 0 Å². The summed E-state index contributed by atoms with van der Waals surface area (Å²) in [5.74, 6) is -0.949. The van der Waals surface area contributed by atoms with Crippen molar-refractivity contribution < 1.29 is 47.8 Å². The minimum atomic E-state index is -4.62. The van der Waals surface area contributed by atoms with E-state index in [9.17, 15) is 24.2 Å². The molecule has 1 unspecified atom stereocenters. The lowest BCUT2D eigenvalue weighted by atomic mass is 10.0. The van der Waals surface area contributed by atoms with Crippen molar-refractivity contribution in [1.82, 2.24) is 0 Å². The van der Waals surface area contributed by atoms with E-state index in [1.807, 2.05) is 0 Å². The van der Waals surface area contributed by atoms with Crippen molar-refractivity contribution in [3.05, 3.63) is 36.5 Å². The molecular formula is C41H75O10P. The van der Waals surface area contributed by atoms with Gasteiger partial charge in [-0.2, -0.15) is 0 Å². The van der Waals surface area contributed by atoms with Gasteiger partial charge in [-0.1, -0.05) is 147 Å². The van der Waals surface area contributed by atoms with Crippen LogP contribution in [0.2, 0.25) is 0 Å². The van der Waals surface area contributed by atoms with Crippen LogP contribution in [0.25, 0.3) is 0 Å². The molecule has 0 aromatic heterocycles. The maximum Gasteiger partial charge on any atom is 0.472 e. The van der Waals surface area contributed by atoms with Crippen molar-refractivity contribution in [3.8, 4) is 0 Å². The highest BCUT2D eigenvalue weighted by molar-refractivity contribution is 7.47. The molecule has 0 bridgehead atoms. The summed E-state index contributed by atoms with van der Waals surface area (Å²) in [4.78, 5) is 34.9. The van der Waals surface area contributed by atoms with Crippen molar-refractivity contribution in [1.29, 1.82) is 0 Å². The minimum absolute atomic E-state index is 0.160. The normalized spacial score (nSPS) is 14.3. The van der Waals surface area contributed by atoms with Gasteiger partial charge in [0.05, 0.1) is 19.8 Å². The number of esters is 2. The Morgan fingerprint density at radius 1 is 0.577 bits per heavy atom. The summed E-state index contributed by atoms with van der Waals surface area (Å²) < 4.78 is 32.6. The number of hydrogen-bond donors (Lipinski definition) is 3. The van der Waals surface area contributed by atoms with E-state index >= 15 is 0 Å². The predicted octanol–water partition coefficient (Wildman–Crippen LogP) is 10.4. The molecule has 0 spiro atoms. The smallest absolute Gasteiger partial charge is 0.462 e. The third-order valence-electron chi connectivity index (χ3n) is 8.55. The minimum Gasteiger partial charge on any atom is -0.462 e. The Labute approximate surface area is 316 Å². The molecule has 0 aliphatic carbocycles. The molecule has 0 amide bonds. The van der Waals surface area contributed by atoms with Crippen LogP contribution in [0.1, 0.15) is 174 Å². The lowest BCUT2D eigenvalue weighted by molar-refractivity contribution is -0.161. The number of allylic oxidation sites excluding steroid dienone is 6. The average molecular weight is 759 g/mol. The summed E-state index contributed by atoms with van der Waals surface area (Å²) in [6.07, 6.45) is 36.8.